The Balaban J connectivity index is 4.45. The summed E-state index contributed by atoms with van der Waals surface area (Å²) in [6, 6.07) is 0. The zero-order valence-corrected chi connectivity index (χ0v) is 12.1. The lowest BCUT2D eigenvalue weighted by molar-refractivity contribution is 0.0639. The summed E-state index contributed by atoms with van der Waals surface area (Å²) in [5, 5.41) is 9.57. The van der Waals surface area contributed by atoms with Gasteiger partial charge in [0, 0.05) is 13.6 Å². The molecule has 0 aromatic carbocycles. The molecule has 5 heteroatoms. The Bertz CT molecular complexity index is 309. The fourth-order valence-corrected chi connectivity index (χ4v) is 2.93. The SMILES string of the molecule is CN(CC(C)(C)O)S(=O)(=O)CCC(C)(C)C. The molecule has 0 spiro atoms. The number of sulfonamides is 1. The first-order chi connectivity index (χ1) is 6.83. The van der Waals surface area contributed by atoms with E-state index in [1.54, 1.807) is 13.8 Å². The maximum atomic E-state index is 11.9. The summed E-state index contributed by atoms with van der Waals surface area (Å²) in [7, 11) is -1.74. The quantitative estimate of drug-likeness (QED) is 0.804. The van der Waals surface area contributed by atoms with E-state index in [1.807, 2.05) is 20.8 Å². The van der Waals surface area contributed by atoms with Gasteiger partial charge in [0.1, 0.15) is 0 Å². The summed E-state index contributed by atoms with van der Waals surface area (Å²) >= 11 is 0. The van der Waals surface area contributed by atoms with E-state index < -0.39 is 15.6 Å². The maximum Gasteiger partial charge on any atom is 0.213 e. The zero-order chi connectivity index (χ0) is 13.2. The molecule has 0 bridgehead atoms. The molecule has 0 saturated heterocycles. The van der Waals surface area contributed by atoms with Crippen molar-refractivity contribution in [3.05, 3.63) is 0 Å². The van der Waals surface area contributed by atoms with Gasteiger partial charge in [-0.05, 0) is 25.7 Å². The minimum absolute atomic E-state index is 0.00262. The van der Waals surface area contributed by atoms with Crippen LogP contribution in [0.1, 0.15) is 41.0 Å². The van der Waals surface area contributed by atoms with Crippen LogP contribution in [0, 0.1) is 5.41 Å². The fraction of sp³-hybridized carbons (Fsp3) is 1.00. The zero-order valence-electron chi connectivity index (χ0n) is 11.2. The second-order valence-corrected chi connectivity index (χ2v) is 8.39. The lowest BCUT2D eigenvalue weighted by Crippen LogP contribution is -2.41. The van der Waals surface area contributed by atoms with Gasteiger partial charge in [-0.2, -0.15) is 0 Å². The molecule has 1 N–H and O–H groups in total. The first kappa shape index (κ1) is 15.9. The van der Waals surface area contributed by atoms with Crippen LogP contribution in [0.5, 0.6) is 0 Å². The average molecular weight is 251 g/mol. The number of nitrogens with zero attached hydrogens (tertiary/aromatic N) is 1. The molecule has 98 valence electrons. The monoisotopic (exact) mass is 251 g/mol. The summed E-state index contributed by atoms with van der Waals surface area (Å²) in [5.74, 6) is 0.128. The van der Waals surface area contributed by atoms with E-state index in [0.717, 1.165) is 0 Å². The van der Waals surface area contributed by atoms with Gasteiger partial charge in [-0.15, -0.1) is 0 Å². The van der Waals surface area contributed by atoms with E-state index in [2.05, 4.69) is 0 Å². The molecule has 0 aromatic rings. The lowest BCUT2D eigenvalue weighted by atomic mass is 9.94. The van der Waals surface area contributed by atoms with E-state index in [-0.39, 0.29) is 17.7 Å². The first-order valence-corrected chi connectivity index (χ1v) is 7.11. The van der Waals surface area contributed by atoms with E-state index in [4.69, 9.17) is 0 Å². The van der Waals surface area contributed by atoms with Crippen molar-refractivity contribution in [3.8, 4) is 0 Å². The highest BCUT2D eigenvalue weighted by atomic mass is 32.2. The van der Waals surface area contributed by atoms with Gasteiger partial charge in [0.2, 0.25) is 10.0 Å². The van der Waals surface area contributed by atoms with Crippen molar-refractivity contribution in [2.45, 2.75) is 46.6 Å². The summed E-state index contributed by atoms with van der Waals surface area (Å²) in [4.78, 5) is 0. The van der Waals surface area contributed by atoms with Crippen molar-refractivity contribution >= 4 is 10.0 Å². The number of likely N-dealkylation sites (N-methyl/N-ethyl adjacent to an activating group) is 1. The van der Waals surface area contributed by atoms with Crippen LogP contribution in [0.15, 0.2) is 0 Å². The van der Waals surface area contributed by atoms with Crippen LogP contribution < -0.4 is 0 Å². The fourth-order valence-electron chi connectivity index (χ4n) is 1.23. The van der Waals surface area contributed by atoms with E-state index in [1.165, 1.54) is 11.4 Å². The van der Waals surface area contributed by atoms with Crippen molar-refractivity contribution in [2.24, 2.45) is 5.41 Å². The molecule has 16 heavy (non-hydrogen) atoms. The summed E-state index contributed by atoms with van der Waals surface area (Å²) in [6.45, 7) is 9.36. The molecule has 0 aliphatic heterocycles. The minimum Gasteiger partial charge on any atom is -0.389 e. The van der Waals surface area contributed by atoms with E-state index in [9.17, 15) is 13.5 Å². The topological polar surface area (TPSA) is 57.6 Å². The molecular formula is C11H25NO3S. The molecule has 0 amide bonds. The molecule has 0 aromatic heterocycles. The normalized spacial score (nSPS) is 14.5. The highest BCUT2D eigenvalue weighted by molar-refractivity contribution is 7.89. The Labute approximate surface area is 99.7 Å². The van der Waals surface area contributed by atoms with Gasteiger partial charge in [0.25, 0.3) is 0 Å². The van der Waals surface area contributed by atoms with E-state index >= 15 is 0 Å². The van der Waals surface area contributed by atoms with Crippen LogP contribution in [0.2, 0.25) is 0 Å². The van der Waals surface area contributed by atoms with Crippen molar-refractivity contribution in [2.75, 3.05) is 19.3 Å². The molecular weight excluding hydrogens is 226 g/mol. The molecule has 0 unspecified atom stereocenters. The first-order valence-electron chi connectivity index (χ1n) is 5.50. The predicted molar refractivity (Wildman–Crippen MR) is 66.8 cm³/mol. The largest absolute Gasteiger partial charge is 0.389 e. The number of rotatable bonds is 5. The van der Waals surface area contributed by atoms with Gasteiger partial charge in [-0.1, -0.05) is 20.8 Å². The second-order valence-electron chi connectivity index (χ2n) is 6.20. The Morgan fingerprint density at radius 3 is 1.88 bits per heavy atom. The number of hydrogen-bond donors (Lipinski definition) is 1. The van der Waals surface area contributed by atoms with Gasteiger partial charge < -0.3 is 5.11 Å². The van der Waals surface area contributed by atoms with Gasteiger partial charge in [-0.25, -0.2) is 12.7 Å². The van der Waals surface area contributed by atoms with Crippen LogP contribution >= 0.6 is 0 Å². The van der Waals surface area contributed by atoms with Crippen LogP contribution in [0.25, 0.3) is 0 Å². The van der Waals surface area contributed by atoms with Crippen LogP contribution in [0.4, 0.5) is 0 Å². The van der Waals surface area contributed by atoms with Gasteiger partial charge in [0.15, 0.2) is 0 Å². The molecule has 0 heterocycles. The van der Waals surface area contributed by atoms with Gasteiger partial charge >= 0.3 is 0 Å². The Morgan fingerprint density at radius 1 is 1.12 bits per heavy atom. The number of hydrogen-bond acceptors (Lipinski definition) is 3. The minimum atomic E-state index is -3.25. The summed E-state index contributed by atoms with van der Waals surface area (Å²) in [6.07, 6.45) is 0.617. The average Bonchev–Trinajstić information content (AvgIpc) is 1.96. The summed E-state index contributed by atoms with van der Waals surface area (Å²) < 4.78 is 25.0. The molecule has 0 rings (SSSR count). The van der Waals surface area contributed by atoms with E-state index in [0.29, 0.717) is 6.42 Å². The predicted octanol–water partition coefficient (Wildman–Crippen LogP) is 1.46. The molecule has 4 nitrogen and oxygen atoms in total. The third-order valence-electron chi connectivity index (χ3n) is 2.19. The Kier molecular flexibility index (Phi) is 4.98. The smallest absolute Gasteiger partial charge is 0.213 e. The van der Waals surface area contributed by atoms with Gasteiger partial charge in [0.05, 0.1) is 11.4 Å². The lowest BCUT2D eigenvalue weighted by Gasteiger charge is -2.26. The molecule has 0 saturated carbocycles. The second kappa shape index (κ2) is 5.02. The highest BCUT2D eigenvalue weighted by Crippen LogP contribution is 2.20. The highest BCUT2D eigenvalue weighted by Gasteiger charge is 2.26. The van der Waals surface area contributed by atoms with Crippen molar-refractivity contribution in [3.63, 3.8) is 0 Å². The van der Waals surface area contributed by atoms with Crippen LogP contribution in [0.3, 0.4) is 0 Å². The third-order valence-corrected chi connectivity index (χ3v) is 3.99. The van der Waals surface area contributed by atoms with Crippen LogP contribution in [-0.4, -0.2) is 42.8 Å². The van der Waals surface area contributed by atoms with Crippen molar-refractivity contribution in [1.29, 1.82) is 0 Å². The molecule has 0 aliphatic carbocycles. The van der Waals surface area contributed by atoms with Crippen molar-refractivity contribution < 1.29 is 13.5 Å². The Morgan fingerprint density at radius 2 is 1.56 bits per heavy atom. The summed E-state index contributed by atoms with van der Waals surface area (Å²) in [5.41, 5.74) is -0.994. The maximum absolute atomic E-state index is 11.9. The molecule has 0 fully saturated rings. The van der Waals surface area contributed by atoms with Gasteiger partial charge in [-0.3, -0.25) is 0 Å². The van der Waals surface area contributed by atoms with Crippen molar-refractivity contribution in [1.82, 2.24) is 4.31 Å². The number of aliphatic hydroxyl groups is 1. The molecule has 0 radical (unpaired) electrons. The molecule has 0 atom stereocenters. The molecule has 0 aliphatic rings. The third kappa shape index (κ3) is 7.19. The standard InChI is InChI=1S/C11H25NO3S/c1-10(2,3)7-8-16(14,15)12(6)9-11(4,5)13/h13H,7-9H2,1-6H3. The van der Waals surface area contributed by atoms with Crippen LogP contribution in [-0.2, 0) is 10.0 Å². The Hall–Kier alpha value is -0.130.